The molecule has 1 amide bonds. The first-order valence-electron chi connectivity index (χ1n) is 9.16. The molecule has 2 aromatic carbocycles. The van der Waals surface area contributed by atoms with Crippen LogP contribution < -0.4 is 10.6 Å². The Hall–Kier alpha value is -4.06. The van der Waals surface area contributed by atoms with Crippen molar-refractivity contribution in [2.75, 3.05) is 10.6 Å². The van der Waals surface area contributed by atoms with Gasteiger partial charge in [0.1, 0.15) is 0 Å². The molecule has 0 aliphatic carbocycles. The molecule has 142 valence electrons. The largest absolute Gasteiger partial charge is 0.324 e. The molecule has 2 heterocycles. The number of nitrogens with one attached hydrogen (secondary N) is 2. The Morgan fingerprint density at radius 3 is 2.48 bits per heavy atom. The molecule has 2 N–H and O–H groups in total. The monoisotopic (exact) mass is 381 g/mol. The number of carbonyl (C=O) groups is 1. The van der Waals surface area contributed by atoms with Crippen molar-refractivity contribution in [2.24, 2.45) is 0 Å². The molecular formula is C23H19N5O. The molecule has 0 bridgehead atoms. The number of pyridine rings is 1. The number of carbonyl (C=O) groups excluding carboxylic acids is 1. The van der Waals surface area contributed by atoms with Crippen LogP contribution in [-0.2, 0) is 0 Å². The quantitative estimate of drug-likeness (QED) is 0.517. The Morgan fingerprint density at radius 1 is 0.897 bits per heavy atom. The molecular weight excluding hydrogens is 362 g/mol. The molecule has 6 heteroatoms. The predicted molar refractivity (Wildman–Crippen MR) is 114 cm³/mol. The van der Waals surface area contributed by atoms with Gasteiger partial charge in [-0.05, 0) is 55.0 Å². The number of rotatable bonds is 5. The second-order valence-corrected chi connectivity index (χ2v) is 6.48. The third-order valence-electron chi connectivity index (χ3n) is 4.41. The number of anilines is 3. The number of aryl methyl sites for hydroxylation is 1. The summed E-state index contributed by atoms with van der Waals surface area (Å²) in [5.74, 6) is 0.324. The van der Waals surface area contributed by atoms with E-state index in [1.807, 2.05) is 61.5 Å². The smallest absolute Gasteiger partial charge is 0.255 e. The molecule has 6 nitrogen and oxygen atoms in total. The molecule has 0 radical (unpaired) electrons. The van der Waals surface area contributed by atoms with Gasteiger partial charge in [0.2, 0.25) is 5.95 Å². The second-order valence-electron chi connectivity index (χ2n) is 6.48. The lowest BCUT2D eigenvalue weighted by Crippen LogP contribution is -2.12. The summed E-state index contributed by atoms with van der Waals surface area (Å²) in [5.41, 5.74) is 4.90. The Balaban J connectivity index is 1.55. The lowest BCUT2D eigenvalue weighted by atomic mass is 10.1. The van der Waals surface area contributed by atoms with Crippen molar-refractivity contribution in [3.63, 3.8) is 0 Å². The normalized spacial score (nSPS) is 10.4. The van der Waals surface area contributed by atoms with E-state index in [-0.39, 0.29) is 5.91 Å². The van der Waals surface area contributed by atoms with E-state index in [1.54, 1.807) is 30.7 Å². The molecule has 0 saturated carbocycles. The standard InChI is InChI=1S/C23H19N5O/c1-16-7-8-19(26-22(29)18-5-3-2-4-6-18)15-21(16)28-23-25-14-11-20(27-23)17-9-12-24-13-10-17/h2-15H,1H3,(H,26,29)(H,25,27,28). The van der Waals surface area contributed by atoms with Crippen LogP contribution in [-0.4, -0.2) is 20.9 Å². The minimum absolute atomic E-state index is 0.156. The van der Waals surface area contributed by atoms with Crippen LogP contribution in [0.15, 0.2) is 85.3 Å². The van der Waals surface area contributed by atoms with Gasteiger partial charge in [0, 0.05) is 41.1 Å². The molecule has 0 aliphatic heterocycles. The number of nitrogens with zero attached hydrogens (tertiary/aromatic N) is 3. The van der Waals surface area contributed by atoms with E-state index >= 15 is 0 Å². The Kier molecular flexibility index (Phi) is 5.25. The van der Waals surface area contributed by atoms with Gasteiger partial charge in [-0.1, -0.05) is 24.3 Å². The van der Waals surface area contributed by atoms with Crippen LogP contribution in [0.4, 0.5) is 17.3 Å². The van der Waals surface area contributed by atoms with E-state index in [0.717, 1.165) is 22.5 Å². The molecule has 0 unspecified atom stereocenters. The fraction of sp³-hybridized carbons (Fsp3) is 0.0435. The third-order valence-corrected chi connectivity index (χ3v) is 4.41. The maximum absolute atomic E-state index is 12.4. The number of aromatic nitrogens is 3. The summed E-state index contributed by atoms with van der Waals surface area (Å²) in [5, 5.41) is 6.17. The fourth-order valence-corrected chi connectivity index (χ4v) is 2.85. The van der Waals surface area contributed by atoms with Crippen LogP contribution in [0.3, 0.4) is 0 Å². The maximum Gasteiger partial charge on any atom is 0.255 e. The van der Waals surface area contributed by atoms with Gasteiger partial charge in [-0.25, -0.2) is 9.97 Å². The predicted octanol–water partition coefficient (Wildman–Crippen LogP) is 4.84. The van der Waals surface area contributed by atoms with Crippen LogP contribution in [0.1, 0.15) is 15.9 Å². The topological polar surface area (TPSA) is 79.8 Å². The molecule has 0 fully saturated rings. The zero-order chi connectivity index (χ0) is 20.1. The van der Waals surface area contributed by atoms with Gasteiger partial charge in [-0.3, -0.25) is 9.78 Å². The van der Waals surface area contributed by atoms with Crippen molar-refractivity contribution in [3.8, 4) is 11.3 Å². The van der Waals surface area contributed by atoms with Crippen molar-refractivity contribution in [1.82, 2.24) is 15.0 Å². The van der Waals surface area contributed by atoms with Crippen molar-refractivity contribution >= 4 is 23.2 Å². The van der Waals surface area contributed by atoms with E-state index in [4.69, 9.17) is 0 Å². The molecule has 4 aromatic rings. The van der Waals surface area contributed by atoms with E-state index in [1.165, 1.54) is 0 Å². The molecule has 29 heavy (non-hydrogen) atoms. The Morgan fingerprint density at radius 2 is 1.69 bits per heavy atom. The highest BCUT2D eigenvalue weighted by Gasteiger charge is 2.09. The van der Waals surface area contributed by atoms with Crippen LogP contribution in [0.2, 0.25) is 0 Å². The first kappa shape index (κ1) is 18.3. The number of hydrogen-bond donors (Lipinski definition) is 2. The number of benzene rings is 2. The van der Waals surface area contributed by atoms with Gasteiger partial charge in [-0.2, -0.15) is 0 Å². The maximum atomic E-state index is 12.4. The van der Waals surface area contributed by atoms with Crippen molar-refractivity contribution in [1.29, 1.82) is 0 Å². The Bertz CT molecular complexity index is 1130. The van der Waals surface area contributed by atoms with Gasteiger partial charge in [0.05, 0.1) is 5.69 Å². The third kappa shape index (κ3) is 4.44. The zero-order valence-corrected chi connectivity index (χ0v) is 15.8. The van der Waals surface area contributed by atoms with Crippen molar-refractivity contribution in [2.45, 2.75) is 6.92 Å². The van der Waals surface area contributed by atoms with Crippen LogP contribution in [0.5, 0.6) is 0 Å². The highest BCUT2D eigenvalue weighted by Crippen LogP contribution is 2.24. The minimum Gasteiger partial charge on any atom is -0.324 e. The lowest BCUT2D eigenvalue weighted by molar-refractivity contribution is 0.102. The SMILES string of the molecule is Cc1ccc(NC(=O)c2ccccc2)cc1Nc1nccc(-c2ccncc2)n1. The average Bonchev–Trinajstić information content (AvgIpc) is 2.77. The summed E-state index contributed by atoms with van der Waals surface area (Å²) < 4.78 is 0. The van der Waals surface area contributed by atoms with Gasteiger partial charge in [-0.15, -0.1) is 0 Å². The van der Waals surface area contributed by atoms with Gasteiger partial charge < -0.3 is 10.6 Å². The van der Waals surface area contributed by atoms with E-state index < -0.39 is 0 Å². The van der Waals surface area contributed by atoms with Gasteiger partial charge in [0.15, 0.2) is 0 Å². The molecule has 0 saturated heterocycles. The summed E-state index contributed by atoms with van der Waals surface area (Å²) in [4.78, 5) is 25.3. The fourth-order valence-electron chi connectivity index (χ4n) is 2.85. The molecule has 2 aromatic heterocycles. The van der Waals surface area contributed by atoms with Crippen LogP contribution in [0, 0.1) is 6.92 Å². The van der Waals surface area contributed by atoms with Crippen molar-refractivity contribution < 1.29 is 4.79 Å². The van der Waals surface area contributed by atoms with E-state index in [0.29, 0.717) is 17.2 Å². The second kappa shape index (κ2) is 8.31. The molecule has 0 atom stereocenters. The summed E-state index contributed by atoms with van der Waals surface area (Å²) in [7, 11) is 0. The summed E-state index contributed by atoms with van der Waals surface area (Å²) in [6.45, 7) is 1.98. The number of amides is 1. The van der Waals surface area contributed by atoms with Crippen LogP contribution in [0.25, 0.3) is 11.3 Å². The molecule has 0 aliphatic rings. The highest BCUT2D eigenvalue weighted by molar-refractivity contribution is 6.04. The first-order valence-corrected chi connectivity index (χ1v) is 9.16. The van der Waals surface area contributed by atoms with Crippen molar-refractivity contribution in [3.05, 3.63) is 96.4 Å². The number of hydrogen-bond acceptors (Lipinski definition) is 5. The van der Waals surface area contributed by atoms with Gasteiger partial charge >= 0.3 is 0 Å². The minimum atomic E-state index is -0.156. The lowest BCUT2D eigenvalue weighted by Gasteiger charge is -2.12. The molecule has 0 spiro atoms. The summed E-state index contributed by atoms with van der Waals surface area (Å²) in [6, 6.07) is 20.4. The summed E-state index contributed by atoms with van der Waals surface area (Å²) >= 11 is 0. The first-order chi connectivity index (χ1) is 14.2. The molecule has 4 rings (SSSR count). The van der Waals surface area contributed by atoms with Crippen LogP contribution >= 0.6 is 0 Å². The average molecular weight is 381 g/mol. The van der Waals surface area contributed by atoms with E-state index in [9.17, 15) is 4.79 Å². The summed E-state index contributed by atoms with van der Waals surface area (Å²) in [6.07, 6.45) is 5.17. The zero-order valence-electron chi connectivity index (χ0n) is 15.8. The Labute approximate surface area is 168 Å². The van der Waals surface area contributed by atoms with E-state index in [2.05, 4.69) is 25.6 Å². The van der Waals surface area contributed by atoms with Gasteiger partial charge in [0.25, 0.3) is 5.91 Å². The highest BCUT2D eigenvalue weighted by atomic mass is 16.1.